The van der Waals surface area contributed by atoms with Gasteiger partial charge in [-0.05, 0) is 90.0 Å². The van der Waals surface area contributed by atoms with Crippen molar-refractivity contribution in [3.63, 3.8) is 0 Å². The maximum Gasteiger partial charge on any atom is 0.416 e. The van der Waals surface area contributed by atoms with Gasteiger partial charge in [0.05, 0.1) is 11.3 Å². The summed E-state index contributed by atoms with van der Waals surface area (Å²) in [4.78, 5) is 5.52. The van der Waals surface area contributed by atoms with E-state index in [4.69, 9.17) is 14.5 Å². The van der Waals surface area contributed by atoms with Crippen LogP contribution in [0.15, 0.2) is 24.3 Å². The minimum atomic E-state index is -4.37. The number of ether oxygens (including phenoxy) is 2. The Morgan fingerprint density at radius 2 is 1.60 bits per heavy atom. The predicted octanol–water partition coefficient (Wildman–Crippen LogP) is 10.2. The molecule has 3 nitrogen and oxygen atoms in total. The van der Waals surface area contributed by atoms with E-state index in [-0.39, 0.29) is 27.6 Å². The standard InChI is InChI=1S/C35H47F3INO2S/c1-32(2,3)43(7,8)31-29(41-31)23-17-33(4,5)18-24-26(23)25(20-11-9-10-12-20)27-28(42-34(6,19-39)30(27)40-24)21-13-15-22(16-14-21)35(36,37)38/h13-16,20,23,28-29,31H,9-12,17-19H2,1-8H3. The van der Waals surface area contributed by atoms with Crippen molar-refractivity contribution in [2.45, 2.75) is 126 Å². The first-order chi connectivity index (χ1) is 19.9. The molecule has 5 atom stereocenters. The van der Waals surface area contributed by atoms with E-state index in [9.17, 15) is 13.2 Å². The molecule has 1 aromatic heterocycles. The van der Waals surface area contributed by atoms with Crippen LogP contribution in [-0.4, -0.2) is 38.2 Å². The van der Waals surface area contributed by atoms with Crippen LogP contribution in [0.5, 0.6) is 0 Å². The van der Waals surface area contributed by atoms with Gasteiger partial charge in [-0.15, -0.1) is 0 Å². The Kier molecular flexibility index (Phi) is 7.91. The lowest BCUT2D eigenvalue weighted by molar-refractivity contribution is -0.137. The van der Waals surface area contributed by atoms with E-state index in [1.165, 1.54) is 41.8 Å². The summed E-state index contributed by atoms with van der Waals surface area (Å²) in [5.41, 5.74) is 6.00. The van der Waals surface area contributed by atoms with Crippen LogP contribution >= 0.6 is 32.6 Å². The summed E-state index contributed by atoms with van der Waals surface area (Å²) in [6.07, 6.45) is 6.84. The van der Waals surface area contributed by atoms with Gasteiger partial charge in [-0.25, -0.2) is 10.0 Å². The van der Waals surface area contributed by atoms with Crippen molar-refractivity contribution in [2.24, 2.45) is 5.41 Å². The second-order valence-corrected chi connectivity index (χ2v) is 21.0. The molecule has 0 amide bonds. The van der Waals surface area contributed by atoms with E-state index in [1.807, 2.05) is 0 Å². The molecule has 3 heterocycles. The summed E-state index contributed by atoms with van der Waals surface area (Å²) in [5, 5.41) is 0. The van der Waals surface area contributed by atoms with Gasteiger partial charge in [0.2, 0.25) is 0 Å². The molecule has 4 aliphatic rings. The lowest BCUT2D eigenvalue weighted by atomic mass is 9.66. The molecule has 238 valence electrons. The van der Waals surface area contributed by atoms with E-state index < -0.39 is 33.5 Å². The van der Waals surface area contributed by atoms with Crippen molar-refractivity contribution in [1.82, 2.24) is 4.98 Å². The van der Waals surface area contributed by atoms with Gasteiger partial charge in [0.15, 0.2) is 0 Å². The molecule has 0 N–H and O–H groups in total. The number of hydrogen-bond acceptors (Lipinski definition) is 3. The Morgan fingerprint density at radius 3 is 2.16 bits per heavy atom. The van der Waals surface area contributed by atoms with E-state index in [0.29, 0.717) is 10.3 Å². The summed E-state index contributed by atoms with van der Waals surface area (Å²) >= 11 is 2.38. The van der Waals surface area contributed by atoms with Crippen molar-refractivity contribution in [1.29, 1.82) is 0 Å². The number of aromatic nitrogens is 1. The summed E-state index contributed by atoms with van der Waals surface area (Å²) in [7, 11) is -1.04. The van der Waals surface area contributed by atoms with Crippen molar-refractivity contribution in [3.05, 3.63) is 63.5 Å². The van der Waals surface area contributed by atoms with Gasteiger partial charge in [-0.3, -0.25) is 4.98 Å². The number of alkyl halides is 4. The SMILES string of the molecule is CC1(C)Cc2nc3c(c(C4CCCC4)c2C(C2OC2S(C)(C)C(C)(C)C)C1)C(c1ccc(C(F)(F)F)cc1)OC3(C)CI. The van der Waals surface area contributed by atoms with Crippen molar-refractivity contribution in [2.75, 3.05) is 16.9 Å². The molecular formula is C35H47F3INO2S. The molecular weight excluding hydrogens is 682 g/mol. The first-order valence-corrected chi connectivity index (χ1v) is 19.8. The quantitative estimate of drug-likeness (QED) is 0.175. The molecule has 5 unspecified atom stereocenters. The fourth-order valence-corrected chi connectivity index (χ4v) is 10.3. The Labute approximate surface area is 270 Å². The Balaban J connectivity index is 1.55. The van der Waals surface area contributed by atoms with E-state index in [1.54, 1.807) is 12.1 Å². The average Bonchev–Trinajstić information content (AvgIpc) is 3.43. The van der Waals surface area contributed by atoms with Crippen LogP contribution in [0.3, 0.4) is 0 Å². The van der Waals surface area contributed by atoms with Crippen molar-refractivity contribution < 1.29 is 22.6 Å². The number of benzene rings is 1. The number of pyridine rings is 1. The highest BCUT2D eigenvalue weighted by atomic mass is 127. The zero-order valence-corrected chi connectivity index (χ0v) is 29.8. The topological polar surface area (TPSA) is 34.7 Å². The van der Waals surface area contributed by atoms with Gasteiger partial charge in [0, 0.05) is 21.6 Å². The second kappa shape index (κ2) is 10.6. The second-order valence-electron chi connectivity index (χ2n) is 15.8. The van der Waals surface area contributed by atoms with Crippen molar-refractivity contribution in [3.8, 4) is 0 Å². The highest BCUT2D eigenvalue weighted by Gasteiger charge is 2.58. The van der Waals surface area contributed by atoms with Crippen LogP contribution < -0.4 is 0 Å². The smallest absolute Gasteiger partial charge is 0.359 e. The van der Waals surface area contributed by atoms with Crippen LogP contribution in [0.25, 0.3) is 0 Å². The molecule has 6 rings (SSSR count). The van der Waals surface area contributed by atoms with E-state index in [0.717, 1.165) is 42.5 Å². The van der Waals surface area contributed by atoms with Crippen LogP contribution in [0.1, 0.15) is 131 Å². The van der Waals surface area contributed by atoms with Gasteiger partial charge in [-0.1, -0.05) is 82.2 Å². The lowest BCUT2D eigenvalue weighted by Crippen LogP contribution is -2.34. The maximum atomic E-state index is 13.5. The van der Waals surface area contributed by atoms with Crippen LogP contribution in [0, 0.1) is 5.41 Å². The van der Waals surface area contributed by atoms with Crippen LogP contribution in [0.2, 0.25) is 0 Å². The predicted molar refractivity (Wildman–Crippen MR) is 179 cm³/mol. The molecule has 0 radical (unpaired) electrons. The normalized spacial score (nSPS) is 31.2. The third-order valence-electron chi connectivity index (χ3n) is 10.9. The number of fused-ring (bicyclic) bond motifs is 2. The maximum absolute atomic E-state index is 13.5. The molecule has 8 heteroatoms. The molecule has 2 aliphatic carbocycles. The first kappa shape index (κ1) is 32.1. The number of rotatable bonds is 5. The number of epoxide rings is 1. The number of hydrogen-bond donors (Lipinski definition) is 0. The van der Waals surface area contributed by atoms with Crippen LogP contribution in [0.4, 0.5) is 13.2 Å². The molecule has 0 bridgehead atoms. The summed E-state index contributed by atoms with van der Waals surface area (Å²) < 4.78 is 55.0. The molecule has 1 saturated carbocycles. The first-order valence-electron chi connectivity index (χ1n) is 15.7. The highest BCUT2D eigenvalue weighted by Crippen LogP contribution is 2.67. The largest absolute Gasteiger partial charge is 0.416 e. The van der Waals surface area contributed by atoms with E-state index in [2.05, 4.69) is 76.6 Å². The van der Waals surface area contributed by atoms with Gasteiger partial charge in [0.1, 0.15) is 23.2 Å². The van der Waals surface area contributed by atoms with Gasteiger partial charge in [0.25, 0.3) is 0 Å². The fraction of sp³-hybridized carbons (Fsp3) is 0.686. The third kappa shape index (κ3) is 5.50. The molecule has 2 aromatic rings. The van der Waals surface area contributed by atoms with Crippen LogP contribution in [-0.2, 0) is 27.7 Å². The Hall–Kier alpha value is -0.840. The summed E-state index contributed by atoms with van der Waals surface area (Å²) in [6, 6.07) is 5.63. The minimum Gasteiger partial charge on any atom is -0.359 e. The number of halogens is 4. The molecule has 1 aromatic carbocycles. The monoisotopic (exact) mass is 729 g/mol. The average molecular weight is 730 g/mol. The van der Waals surface area contributed by atoms with Gasteiger partial charge in [-0.2, -0.15) is 13.2 Å². The highest BCUT2D eigenvalue weighted by molar-refractivity contribution is 14.1. The van der Waals surface area contributed by atoms with Gasteiger partial charge >= 0.3 is 6.18 Å². The lowest BCUT2D eigenvalue weighted by Gasteiger charge is -2.44. The van der Waals surface area contributed by atoms with E-state index >= 15 is 0 Å². The zero-order chi connectivity index (χ0) is 31.3. The summed E-state index contributed by atoms with van der Waals surface area (Å²) in [5.74, 6) is 0.664. The van der Waals surface area contributed by atoms with Crippen molar-refractivity contribution >= 4 is 32.6 Å². The molecule has 1 saturated heterocycles. The zero-order valence-electron chi connectivity index (χ0n) is 26.8. The fourth-order valence-electron chi connectivity index (χ4n) is 7.83. The molecule has 0 spiro atoms. The molecule has 43 heavy (non-hydrogen) atoms. The molecule has 2 fully saturated rings. The third-order valence-corrected chi connectivity index (χ3v) is 17.1. The van der Waals surface area contributed by atoms with Gasteiger partial charge < -0.3 is 9.47 Å². The number of nitrogens with zero attached hydrogens (tertiary/aromatic N) is 1. The Bertz CT molecular complexity index is 1390. The minimum absolute atomic E-state index is 0.0938. The molecule has 2 aliphatic heterocycles. The Morgan fingerprint density at radius 1 is 0.977 bits per heavy atom. The summed E-state index contributed by atoms with van der Waals surface area (Å²) in [6.45, 7) is 13.9.